The standard InChI is InChI=1S/C13H20N2O2/c1-3-13(14,4-2)10-9-11-5-7-12(8-6-11)15(16)17/h5-8H,3-4,9-10,14H2,1-2H3. The van der Waals surface area contributed by atoms with E-state index in [2.05, 4.69) is 13.8 Å². The summed E-state index contributed by atoms with van der Waals surface area (Å²) < 4.78 is 0. The van der Waals surface area contributed by atoms with Crippen LogP contribution in [0.25, 0.3) is 0 Å². The molecule has 0 spiro atoms. The Bertz CT molecular complexity index is 370. The predicted molar refractivity (Wildman–Crippen MR) is 68.9 cm³/mol. The fraction of sp³-hybridized carbons (Fsp3) is 0.538. The zero-order chi connectivity index (χ0) is 12.9. The normalized spacial score (nSPS) is 11.5. The average Bonchev–Trinajstić information content (AvgIpc) is 2.36. The van der Waals surface area contributed by atoms with Crippen molar-refractivity contribution in [2.24, 2.45) is 5.73 Å². The molecule has 0 heterocycles. The molecule has 0 aliphatic rings. The Labute approximate surface area is 102 Å². The molecule has 0 saturated carbocycles. The molecule has 2 N–H and O–H groups in total. The van der Waals surface area contributed by atoms with Crippen molar-refractivity contribution in [2.45, 2.75) is 45.1 Å². The molecule has 0 saturated heterocycles. The van der Waals surface area contributed by atoms with Gasteiger partial charge in [-0.1, -0.05) is 26.0 Å². The number of hydrogen-bond acceptors (Lipinski definition) is 3. The van der Waals surface area contributed by atoms with E-state index in [1.165, 1.54) is 0 Å². The van der Waals surface area contributed by atoms with Crippen LogP contribution in [0, 0.1) is 10.1 Å². The second-order valence-electron chi connectivity index (χ2n) is 4.49. The molecule has 0 atom stereocenters. The zero-order valence-corrected chi connectivity index (χ0v) is 10.5. The van der Waals surface area contributed by atoms with E-state index >= 15 is 0 Å². The topological polar surface area (TPSA) is 69.2 Å². The summed E-state index contributed by atoms with van der Waals surface area (Å²) in [5, 5.41) is 10.5. The summed E-state index contributed by atoms with van der Waals surface area (Å²) in [5.74, 6) is 0. The van der Waals surface area contributed by atoms with E-state index in [1.54, 1.807) is 12.1 Å². The minimum absolute atomic E-state index is 0.109. The van der Waals surface area contributed by atoms with Crippen LogP contribution in [-0.4, -0.2) is 10.5 Å². The molecule has 0 radical (unpaired) electrons. The highest BCUT2D eigenvalue weighted by molar-refractivity contribution is 5.32. The molecule has 94 valence electrons. The van der Waals surface area contributed by atoms with Crippen LogP contribution in [0.4, 0.5) is 5.69 Å². The van der Waals surface area contributed by atoms with E-state index in [-0.39, 0.29) is 16.1 Å². The maximum Gasteiger partial charge on any atom is 0.269 e. The number of nitro benzene ring substituents is 1. The van der Waals surface area contributed by atoms with Crippen LogP contribution < -0.4 is 5.73 Å². The second kappa shape index (κ2) is 5.77. The lowest BCUT2D eigenvalue weighted by molar-refractivity contribution is -0.384. The lowest BCUT2D eigenvalue weighted by Gasteiger charge is -2.26. The van der Waals surface area contributed by atoms with Gasteiger partial charge < -0.3 is 5.73 Å². The fourth-order valence-corrected chi connectivity index (χ4v) is 1.78. The van der Waals surface area contributed by atoms with Crippen LogP contribution in [-0.2, 0) is 6.42 Å². The van der Waals surface area contributed by atoms with Crippen molar-refractivity contribution >= 4 is 5.69 Å². The highest BCUT2D eigenvalue weighted by Gasteiger charge is 2.19. The van der Waals surface area contributed by atoms with Crippen LogP contribution in [0.2, 0.25) is 0 Å². The Morgan fingerprint density at radius 3 is 2.18 bits per heavy atom. The lowest BCUT2D eigenvalue weighted by Crippen LogP contribution is -2.38. The van der Waals surface area contributed by atoms with Gasteiger partial charge in [-0.15, -0.1) is 0 Å². The van der Waals surface area contributed by atoms with E-state index in [9.17, 15) is 10.1 Å². The summed E-state index contributed by atoms with van der Waals surface area (Å²) >= 11 is 0. The molecule has 0 amide bonds. The monoisotopic (exact) mass is 236 g/mol. The van der Waals surface area contributed by atoms with Crippen LogP contribution >= 0.6 is 0 Å². The summed E-state index contributed by atoms with van der Waals surface area (Å²) in [5.41, 5.74) is 7.35. The van der Waals surface area contributed by atoms with Gasteiger partial charge in [0.2, 0.25) is 0 Å². The molecule has 0 bridgehead atoms. The van der Waals surface area contributed by atoms with Crippen LogP contribution in [0.15, 0.2) is 24.3 Å². The molecule has 0 aliphatic carbocycles. The van der Waals surface area contributed by atoms with E-state index < -0.39 is 0 Å². The van der Waals surface area contributed by atoms with Crippen molar-refractivity contribution in [3.05, 3.63) is 39.9 Å². The van der Waals surface area contributed by atoms with E-state index in [0.717, 1.165) is 31.2 Å². The van der Waals surface area contributed by atoms with Gasteiger partial charge in [-0.25, -0.2) is 0 Å². The summed E-state index contributed by atoms with van der Waals surface area (Å²) in [6.07, 6.45) is 3.70. The van der Waals surface area contributed by atoms with Gasteiger partial charge in [-0.3, -0.25) is 10.1 Å². The highest BCUT2D eigenvalue weighted by atomic mass is 16.6. The summed E-state index contributed by atoms with van der Waals surface area (Å²) in [7, 11) is 0. The molecule has 4 nitrogen and oxygen atoms in total. The molecule has 4 heteroatoms. The summed E-state index contributed by atoms with van der Waals surface area (Å²) in [4.78, 5) is 10.1. The number of hydrogen-bond donors (Lipinski definition) is 1. The highest BCUT2D eigenvalue weighted by Crippen LogP contribution is 2.20. The quantitative estimate of drug-likeness (QED) is 0.609. The maximum absolute atomic E-state index is 10.5. The molecule has 1 aromatic rings. The predicted octanol–water partition coefficient (Wildman–Crippen LogP) is 3.04. The van der Waals surface area contributed by atoms with Gasteiger partial charge in [-0.05, 0) is 31.2 Å². The first-order chi connectivity index (χ1) is 8.00. The number of nitrogens with zero attached hydrogens (tertiary/aromatic N) is 1. The third-order valence-electron chi connectivity index (χ3n) is 3.47. The van der Waals surface area contributed by atoms with E-state index in [4.69, 9.17) is 5.73 Å². The number of nitro groups is 1. The molecule has 0 unspecified atom stereocenters. The number of rotatable bonds is 6. The lowest BCUT2D eigenvalue weighted by atomic mass is 9.87. The third-order valence-corrected chi connectivity index (χ3v) is 3.47. The van der Waals surface area contributed by atoms with Crippen molar-refractivity contribution in [1.82, 2.24) is 0 Å². The number of non-ortho nitro benzene ring substituents is 1. The Hall–Kier alpha value is -1.42. The van der Waals surface area contributed by atoms with Crippen molar-refractivity contribution in [3.63, 3.8) is 0 Å². The van der Waals surface area contributed by atoms with Crippen molar-refractivity contribution < 1.29 is 4.92 Å². The molecule has 0 fully saturated rings. The van der Waals surface area contributed by atoms with Crippen molar-refractivity contribution in [1.29, 1.82) is 0 Å². The molecule has 17 heavy (non-hydrogen) atoms. The minimum Gasteiger partial charge on any atom is -0.325 e. The number of aryl methyl sites for hydroxylation is 1. The second-order valence-corrected chi connectivity index (χ2v) is 4.49. The Kier molecular flexibility index (Phi) is 4.63. The van der Waals surface area contributed by atoms with Gasteiger partial charge >= 0.3 is 0 Å². The van der Waals surface area contributed by atoms with Gasteiger partial charge in [0, 0.05) is 17.7 Å². The number of benzene rings is 1. The SMILES string of the molecule is CCC(N)(CC)CCc1ccc([N+](=O)[O-])cc1. The summed E-state index contributed by atoms with van der Waals surface area (Å²) in [6, 6.07) is 6.71. The fourth-order valence-electron chi connectivity index (χ4n) is 1.78. The first-order valence-electron chi connectivity index (χ1n) is 6.03. The number of nitrogens with two attached hydrogens (primary N) is 1. The maximum atomic E-state index is 10.5. The van der Waals surface area contributed by atoms with Crippen LogP contribution in [0.3, 0.4) is 0 Å². The smallest absolute Gasteiger partial charge is 0.269 e. The third kappa shape index (κ3) is 3.82. The first kappa shape index (κ1) is 13.6. The Morgan fingerprint density at radius 2 is 1.76 bits per heavy atom. The van der Waals surface area contributed by atoms with Crippen LogP contribution in [0.5, 0.6) is 0 Å². The molecular formula is C13H20N2O2. The van der Waals surface area contributed by atoms with Gasteiger partial charge in [0.05, 0.1) is 4.92 Å². The van der Waals surface area contributed by atoms with Gasteiger partial charge in [0.15, 0.2) is 0 Å². The van der Waals surface area contributed by atoms with E-state index in [1.807, 2.05) is 12.1 Å². The summed E-state index contributed by atoms with van der Waals surface area (Å²) in [6.45, 7) is 4.19. The average molecular weight is 236 g/mol. The molecule has 1 aromatic carbocycles. The van der Waals surface area contributed by atoms with Crippen molar-refractivity contribution in [2.75, 3.05) is 0 Å². The molecular weight excluding hydrogens is 216 g/mol. The molecule has 1 rings (SSSR count). The first-order valence-corrected chi connectivity index (χ1v) is 6.03. The van der Waals surface area contributed by atoms with Gasteiger partial charge in [-0.2, -0.15) is 0 Å². The van der Waals surface area contributed by atoms with E-state index in [0.29, 0.717) is 0 Å². The Morgan fingerprint density at radius 1 is 1.24 bits per heavy atom. The minimum atomic E-state index is -0.380. The van der Waals surface area contributed by atoms with Gasteiger partial charge in [0.25, 0.3) is 5.69 Å². The van der Waals surface area contributed by atoms with Gasteiger partial charge in [0.1, 0.15) is 0 Å². The largest absolute Gasteiger partial charge is 0.325 e. The van der Waals surface area contributed by atoms with Crippen molar-refractivity contribution in [3.8, 4) is 0 Å². The Balaban J connectivity index is 2.61. The molecule has 0 aliphatic heterocycles. The van der Waals surface area contributed by atoms with Crippen LogP contribution in [0.1, 0.15) is 38.7 Å². The zero-order valence-electron chi connectivity index (χ0n) is 10.5. The molecule has 0 aromatic heterocycles.